The molecular weight excluding hydrogens is 206 g/mol. The average Bonchev–Trinajstić information content (AvgIpc) is 2.39. The summed E-state index contributed by atoms with van der Waals surface area (Å²) >= 11 is 0. The molecule has 0 spiro atoms. The highest BCUT2D eigenvalue weighted by atomic mass is 14.8. The number of dihydropyridines is 1. The first-order chi connectivity index (χ1) is 8.36. The van der Waals surface area contributed by atoms with Gasteiger partial charge in [-0.15, -0.1) is 0 Å². The van der Waals surface area contributed by atoms with Gasteiger partial charge in [0.25, 0.3) is 0 Å². The Morgan fingerprint density at radius 2 is 1.76 bits per heavy atom. The van der Waals surface area contributed by atoms with E-state index in [0.29, 0.717) is 0 Å². The Morgan fingerprint density at radius 3 is 2.65 bits per heavy atom. The minimum Gasteiger partial charge on any atom is -0.289 e. The maximum absolute atomic E-state index is 4.95. The highest BCUT2D eigenvalue weighted by Crippen LogP contribution is 2.38. The van der Waals surface area contributed by atoms with Crippen molar-refractivity contribution in [1.29, 1.82) is 0 Å². The van der Waals surface area contributed by atoms with Crippen molar-refractivity contribution in [2.75, 3.05) is 6.54 Å². The minimum absolute atomic E-state index is 0.798. The zero-order chi connectivity index (χ0) is 11.7. The summed E-state index contributed by atoms with van der Waals surface area (Å²) in [6, 6.07) is 0. The van der Waals surface area contributed by atoms with Crippen LogP contribution in [-0.2, 0) is 0 Å². The van der Waals surface area contributed by atoms with E-state index < -0.39 is 0 Å². The topological polar surface area (TPSA) is 12.4 Å². The van der Waals surface area contributed by atoms with Crippen LogP contribution >= 0.6 is 0 Å². The van der Waals surface area contributed by atoms with Crippen molar-refractivity contribution in [1.82, 2.24) is 0 Å². The van der Waals surface area contributed by atoms with Gasteiger partial charge in [-0.3, -0.25) is 4.99 Å². The SMILES string of the molecule is CC1CCCCC1C1=NCCC2=C1CCCC2. The first-order valence-corrected chi connectivity index (χ1v) is 7.62. The monoisotopic (exact) mass is 231 g/mol. The number of hydrogen-bond acceptors (Lipinski definition) is 1. The molecule has 1 fully saturated rings. The van der Waals surface area contributed by atoms with Crippen molar-refractivity contribution in [3.05, 3.63) is 11.1 Å². The van der Waals surface area contributed by atoms with Gasteiger partial charge in [0, 0.05) is 18.2 Å². The summed E-state index contributed by atoms with van der Waals surface area (Å²) in [5.41, 5.74) is 5.04. The summed E-state index contributed by atoms with van der Waals surface area (Å²) in [6.07, 6.45) is 12.5. The Bertz CT molecular complexity index is 351. The number of nitrogens with zero attached hydrogens (tertiary/aromatic N) is 1. The Hall–Kier alpha value is -0.590. The van der Waals surface area contributed by atoms with Gasteiger partial charge in [-0.05, 0) is 50.0 Å². The van der Waals surface area contributed by atoms with E-state index in [1.807, 2.05) is 0 Å². The molecule has 1 aliphatic heterocycles. The average molecular weight is 231 g/mol. The van der Waals surface area contributed by atoms with Gasteiger partial charge >= 0.3 is 0 Å². The molecule has 2 aliphatic carbocycles. The zero-order valence-electron chi connectivity index (χ0n) is 11.2. The van der Waals surface area contributed by atoms with Crippen LogP contribution in [0, 0.1) is 11.8 Å². The van der Waals surface area contributed by atoms with Crippen LogP contribution in [0.2, 0.25) is 0 Å². The van der Waals surface area contributed by atoms with Crippen LogP contribution in [0.15, 0.2) is 16.1 Å². The Morgan fingerprint density at radius 1 is 0.941 bits per heavy atom. The van der Waals surface area contributed by atoms with Gasteiger partial charge in [-0.25, -0.2) is 0 Å². The molecule has 1 saturated carbocycles. The maximum atomic E-state index is 4.95. The van der Waals surface area contributed by atoms with Crippen LogP contribution in [0.1, 0.15) is 64.7 Å². The summed E-state index contributed by atoms with van der Waals surface area (Å²) < 4.78 is 0. The van der Waals surface area contributed by atoms with Gasteiger partial charge in [0.05, 0.1) is 0 Å². The summed E-state index contributed by atoms with van der Waals surface area (Å²) in [6.45, 7) is 3.53. The van der Waals surface area contributed by atoms with E-state index in [1.54, 1.807) is 16.9 Å². The molecule has 1 heteroatoms. The molecule has 1 heterocycles. The Kier molecular flexibility index (Phi) is 3.35. The summed E-state index contributed by atoms with van der Waals surface area (Å²) in [5, 5.41) is 0. The lowest BCUT2D eigenvalue weighted by molar-refractivity contribution is 0.323. The molecule has 0 aromatic carbocycles. The largest absolute Gasteiger partial charge is 0.289 e. The first kappa shape index (κ1) is 11.5. The van der Waals surface area contributed by atoms with Gasteiger partial charge in [-0.1, -0.05) is 31.8 Å². The minimum atomic E-state index is 0.798. The summed E-state index contributed by atoms with van der Waals surface area (Å²) in [4.78, 5) is 4.95. The zero-order valence-corrected chi connectivity index (χ0v) is 11.2. The normalized spacial score (nSPS) is 34.3. The third kappa shape index (κ3) is 2.21. The molecule has 0 N–H and O–H groups in total. The second-order valence-electron chi connectivity index (χ2n) is 6.17. The lowest BCUT2D eigenvalue weighted by Gasteiger charge is -2.35. The van der Waals surface area contributed by atoms with Gasteiger partial charge in [0.2, 0.25) is 0 Å². The fraction of sp³-hybridized carbons (Fsp3) is 0.812. The van der Waals surface area contributed by atoms with Crippen LogP contribution in [-0.4, -0.2) is 12.3 Å². The van der Waals surface area contributed by atoms with E-state index in [1.165, 1.54) is 57.8 Å². The molecular formula is C16H25N. The van der Waals surface area contributed by atoms with Crippen molar-refractivity contribution < 1.29 is 0 Å². The molecule has 0 aromatic rings. The van der Waals surface area contributed by atoms with Gasteiger partial charge in [0.1, 0.15) is 0 Å². The molecule has 2 atom stereocenters. The van der Waals surface area contributed by atoms with Crippen LogP contribution in [0.3, 0.4) is 0 Å². The van der Waals surface area contributed by atoms with Crippen molar-refractivity contribution in [2.24, 2.45) is 16.8 Å². The highest BCUT2D eigenvalue weighted by molar-refractivity contribution is 6.03. The predicted octanol–water partition coefficient (Wildman–Crippen LogP) is 4.53. The molecule has 3 rings (SSSR count). The second-order valence-corrected chi connectivity index (χ2v) is 6.17. The van der Waals surface area contributed by atoms with Crippen LogP contribution in [0.5, 0.6) is 0 Å². The lowest BCUT2D eigenvalue weighted by Crippen LogP contribution is -2.30. The fourth-order valence-corrected chi connectivity index (χ4v) is 4.02. The Labute approximate surface area is 105 Å². The van der Waals surface area contributed by atoms with Crippen LogP contribution in [0.4, 0.5) is 0 Å². The Balaban J connectivity index is 1.86. The predicted molar refractivity (Wildman–Crippen MR) is 73.5 cm³/mol. The summed E-state index contributed by atoms with van der Waals surface area (Å²) in [5.74, 6) is 1.67. The molecule has 2 unspecified atom stereocenters. The molecule has 0 amide bonds. The molecule has 1 nitrogen and oxygen atoms in total. The molecule has 0 bridgehead atoms. The number of aliphatic imine (C=N–C) groups is 1. The number of hydrogen-bond donors (Lipinski definition) is 0. The molecule has 3 aliphatic rings. The molecule has 0 radical (unpaired) electrons. The fourth-order valence-electron chi connectivity index (χ4n) is 4.02. The standard InChI is InChI=1S/C16H25N/c1-12-6-2-4-8-14(12)16-15-9-5-3-7-13(15)10-11-17-16/h12,14H,2-11H2,1H3. The maximum Gasteiger partial charge on any atom is 0.0430 e. The third-order valence-corrected chi connectivity index (χ3v) is 5.05. The second kappa shape index (κ2) is 4.96. The molecule has 0 saturated heterocycles. The van der Waals surface area contributed by atoms with Crippen molar-refractivity contribution in [3.63, 3.8) is 0 Å². The third-order valence-electron chi connectivity index (χ3n) is 5.05. The first-order valence-electron chi connectivity index (χ1n) is 7.62. The smallest absolute Gasteiger partial charge is 0.0430 e. The van der Waals surface area contributed by atoms with E-state index in [2.05, 4.69) is 6.92 Å². The molecule has 0 aromatic heterocycles. The highest BCUT2D eigenvalue weighted by Gasteiger charge is 2.31. The van der Waals surface area contributed by atoms with E-state index >= 15 is 0 Å². The van der Waals surface area contributed by atoms with Crippen molar-refractivity contribution >= 4 is 5.71 Å². The quantitative estimate of drug-likeness (QED) is 0.629. The molecule has 17 heavy (non-hydrogen) atoms. The van der Waals surface area contributed by atoms with Gasteiger partial charge < -0.3 is 0 Å². The molecule has 94 valence electrons. The van der Waals surface area contributed by atoms with E-state index in [-0.39, 0.29) is 0 Å². The van der Waals surface area contributed by atoms with Crippen molar-refractivity contribution in [2.45, 2.75) is 64.7 Å². The van der Waals surface area contributed by atoms with Crippen LogP contribution < -0.4 is 0 Å². The van der Waals surface area contributed by atoms with E-state index in [4.69, 9.17) is 4.99 Å². The summed E-state index contributed by atoms with van der Waals surface area (Å²) in [7, 11) is 0. The number of rotatable bonds is 1. The van der Waals surface area contributed by atoms with E-state index in [9.17, 15) is 0 Å². The van der Waals surface area contributed by atoms with Gasteiger partial charge in [0.15, 0.2) is 0 Å². The van der Waals surface area contributed by atoms with Crippen LogP contribution in [0.25, 0.3) is 0 Å². The van der Waals surface area contributed by atoms with E-state index in [0.717, 1.165) is 18.4 Å². The van der Waals surface area contributed by atoms with Crippen molar-refractivity contribution in [3.8, 4) is 0 Å². The lowest BCUT2D eigenvalue weighted by atomic mass is 9.72. The van der Waals surface area contributed by atoms with Gasteiger partial charge in [-0.2, -0.15) is 0 Å². The number of allylic oxidation sites excluding steroid dienone is 1.